The molecule has 4 aromatic rings. The first kappa shape index (κ1) is 30.8. The van der Waals surface area contributed by atoms with E-state index in [1.807, 2.05) is 30.3 Å². The van der Waals surface area contributed by atoms with Gasteiger partial charge in [0.05, 0.1) is 36.8 Å². The van der Waals surface area contributed by atoms with Crippen LogP contribution in [0.2, 0.25) is 5.02 Å². The van der Waals surface area contributed by atoms with Crippen LogP contribution in [0.3, 0.4) is 0 Å². The fourth-order valence-electron chi connectivity index (χ4n) is 4.86. The molecule has 0 saturated heterocycles. The van der Waals surface area contributed by atoms with Crippen molar-refractivity contribution in [2.24, 2.45) is 0 Å². The lowest BCUT2D eigenvalue weighted by Crippen LogP contribution is -2.30. The number of nitrogens with zero attached hydrogens (tertiary/aromatic N) is 2. The standard InChI is InChI=1S/C33H29ClN2O7S/c1-22-31(33(38)42-3)30(32(37)36(22)25-11-13-26(41-2)14-12-25)19-27-15-16-28(43-27)21-35(20-23-7-5-4-6-8-23)44(39,40)29-17-9-24(34)10-18-29/h4-19H,20-21H2,1-3H3/b30-19+. The van der Waals surface area contributed by atoms with Gasteiger partial charge in [0.1, 0.15) is 17.3 Å². The molecule has 3 aromatic carbocycles. The van der Waals surface area contributed by atoms with Gasteiger partial charge in [0.2, 0.25) is 10.0 Å². The number of hydrogen-bond donors (Lipinski definition) is 0. The van der Waals surface area contributed by atoms with Gasteiger partial charge in [-0.25, -0.2) is 13.2 Å². The Hall–Kier alpha value is -4.64. The number of carbonyl (C=O) groups is 2. The molecule has 1 aliphatic heterocycles. The first-order valence-electron chi connectivity index (χ1n) is 13.5. The van der Waals surface area contributed by atoms with Crippen molar-refractivity contribution in [3.63, 3.8) is 0 Å². The summed E-state index contributed by atoms with van der Waals surface area (Å²) < 4.78 is 44.9. The Kier molecular flexibility index (Phi) is 9.05. The van der Waals surface area contributed by atoms with Crippen molar-refractivity contribution >= 4 is 45.3 Å². The van der Waals surface area contributed by atoms with Gasteiger partial charge in [-0.3, -0.25) is 9.69 Å². The third-order valence-electron chi connectivity index (χ3n) is 7.07. The minimum Gasteiger partial charge on any atom is -0.497 e. The molecule has 1 aliphatic rings. The number of esters is 1. The van der Waals surface area contributed by atoms with Gasteiger partial charge in [-0.2, -0.15) is 4.31 Å². The highest BCUT2D eigenvalue weighted by Gasteiger charge is 2.38. The van der Waals surface area contributed by atoms with Crippen LogP contribution >= 0.6 is 11.6 Å². The van der Waals surface area contributed by atoms with Gasteiger partial charge in [0.15, 0.2) is 0 Å². The van der Waals surface area contributed by atoms with Crippen molar-refractivity contribution in [1.29, 1.82) is 0 Å². The smallest absolute Gasteiger partial charge is 0.340 e. The maximum absolute atomic E-state index is 13.7. The number of ether oxygens (including phenoxy) is 2. The molecule has 0 aliphatic carbocycles. The van der Waals surface area contributed by atoms with Crippen LogP contribution in [0, 0.1) is 0 Å². The number of amides is 1. The van der Waals surface area contributed by atoms with Crippen LogP contribution in [-0.2, 0) is 37.4 Å². The molecule has 5 rings (SSSR count). The fourth-order valence-corrected chi connectivity index (χ4v) is 6.38. The van der Waals surface area contributed by atoms with Crippen LogP contribution < -0.4 is 9.64 Å². The average Bonchev–Trinajstić information content (AvgIpc) is 3.57. The maximum Gasteiger partial charge on any atom is 0.340 e. The Morgan fingerprint density at radius 2 is 1.61 bits per heavy atom. The van der Waals surface area contributed by atoms with E-state index in [0.717, 1.165) is 5.56 Å². The number of allylic oxidation sites excluding steroid dienone is 1. The lowest BCUT2D eigenvalue weighted by molar-refractivity contribution is -0.136. The summed E-state index contributed by atoms with van der Waals surface area (Å²) in [5, 5.41) is 0.421. The molecule has 0 bridgehead atoms. The number of methoxy groups -OCH3 is 2. The summed E-state index contributed by atoms with van der Waals surface area (Å²) in [6, 6.07) is 25.3. The first-order chi connectivity index (χ1) is 21.1. The molecular weight excluding hydrogens is 604 g/mol. The van der Waals surface area contributed by atoms with Crippen LogP contribution in [0.15, 0.2) is 117 Å². The monoisotopic (exact) mass is 632 g/mol. The van der Waals surface area contributed by atoms with E-state index in [4.69, 9.17) is 25.5 Å². The lowest BCUT2D eigenvalue weighted by atomic mass is 10.1. The molecule has 1 amide bonds. The predicted octanol–water partition coefficient (Wildman–Crippen LogP) is 6.21. The van der Waals surface area contributed by atoms with Crippen molar-refractivity contribution in [1.82, 2.24) is 4.31 Å². The van der Waals surface area contributed by atoms with Gasteiger partial charge in [-0.15, -0.1) is 0 Å². The second-order valence-corrected chi connectivity index (χ2v) is 12.2. The quantitative estimate of drug-likeness (QED) is 0.151. The van der Waals surface area contributed by atoms with Crippen LogP contribution in [0.5, 0.6) is 5.75 Å². The van der Waals surface area contributed by atoms with Crippen molar-refractivity contribution in [2.45, 2.75) is 24.9 Å². The molecule has 0 atom stereocenters. The molecule has 0 spiro atoms. The lowest BCUT2D eigenvalue weighted by Gasteiger charge is -2.21. The number of rotatable bonds is 10. The number of hydrogen-bond acceptors (Lipinski definition) is 7. The van der Waals surface area contributed by atoms with Crippen molar-refractivity contribution < 1.29 is 31.9 Å². The largest absolute Gasteiger partial charge is 0.497 e. The van der Waals surface area contributed by atoms with E-state index in [0.29, 0.717) is 27.9 Å². The summed E-state index contributed by atoms with van der Waals surface area (Å²) in [5.74, 6) is 0.101. The Bertz CT molecular complexity index is 1850. The topological polar surface area (TPSA) is 106 Å². The predicted molar refractivity (Wildman–Crippen MR) is 166 cm³/mol. The number of benzene rings is 3. The third kappa shape index (κ3) is 6.33. The molecule has 0 unspecified atom stereocenters. The maximum atomic E-state index is 13.7. The number of carbonyl (C=O) groups excluding carboxylic acids is 2. The Morgan fingerprint density at radius 3 is 2.25 bits per heavy atom. The molecule has 9 nitrogen and oxygen atoms in total. The fraction of sp³-hybridized carbons (Fsp3) is 0.152. The van der Waals surface area contributed by atoms with Gasteiger partial charge in [-0.05, 0) is 79.2 Å². The summed E-state index contributed by atoms with van der Waals surface area (Å²) in [6.45, 7) is 1.66. The summed E-state index contributed by atoms with van der Waals surface area (Å²) in [7, 11) is -1.16. The normalized spacial score (nSPS) is 14.5. The van der Waals surface area contributed by atoms with Crippen LogP contribution in [0.25, 0.3) is 6.08 Å². The Balaban J connectivity index is 1.47. The SMILES string of the molecule is COC(=O)C1=C(C)N(c2ccc(OC)cc2)C(=O)/C1=C/c1ccc(CN(Cc2ccccc2)S(=O)(=O)c2ccc(Cl)cc2)o1. The van der Waals surface area contributed by atoms with Crippen molar-refractivity contribution in [3.05, 3.63) is 130 Å². The Labute approximate surface area is 260 Å². The molecule has 0 fully saturated rings. The molecule has 11 heteroatoms. The van der Waals surface area contributed by atoms with E-state index in [2.05, 4.69) is 0 Å². The van der Waals surface area contributed by atoms with Crippen LogP contribution in [0.4, 0.5) is 5.69 Å². The minimum atomic E-state index is -3.95. The summed E-state index contributed by atoms with van der Waals surface area (Å²) in [5.41, 5.74) is 1.91. The van der Waals surface area contributed by atoms with E-state index >= 15 is 0 Å². The number of halogens is 1. The molecule has 0 saturated carbocycles. The van der Waals surface area contributed by atoms with Crippen molar-refractivity contribution in [2.75, 3.05) is 19.1 Å². The molecule has 44 heavy (non-hydrogen) atoms. The third-order valence-corrected chi connectivity index (χ3v) is 9.13. The number of sulfonamides is 1. The Morgan fingerprint density at radius 1 is 0.932 bits per heavy atom. The van der Waals surface area contributed by atoms with Gasteiger partial charge in [0.25, 0.3) is 5.91 Å². The van der Waals surface area contributed by atoms with E-state index in [1.54, 1.807) is 50.4 Å². The summed E-state index contributed by atoms with van der Waals surface area (Å²) in [4.78, 5) is 28.0. The summed E-state index contributed by atoms with van der Waals surface area (Å²) in [6.07, 6.45) is 1.46. The summed E-state index contributed by atoms with van der Waals surface area (Å²) >= 11 is 5.99. The van der Waals surface area contributed by atoms with Gasteiger partial charge >= 0.3 is 5.97 Å². The molecule has 0 radical (unpaired) electrons. The molecule has 226 valence electrons. The average molecular weight is 633 g/mol. The van der Waals surface area contributed by atoms with E-state index < -0.39 is 21.9 Å². The second kappa shape index (κ2) is 12.9. The highest BCUT2D eigenvalue weighted by molar-refractivity contribution is 7.89. The van der Waals surface area contributed by atoms with Gasteiger partial charge < -0.3 is 13.9 Å². The number of anilines is 1. The van der Waals surface area contributed by atoms with E-state index in [1.165, 1.54) is 46.7 Å². The van der Waals surface area contributed by atoms with E-state index in [9.17, 15) is 18.0 Å². The zero-order valence-electron chi connectivity index (χ0n) is 24.2. The van der Waals surface area contributed by atoms with Gasteiger partial charge in [0, 0.05) is 23.0 Å². The number of furan rings is 1. The van der Waals surface area contributed by atoms with Crippen LogP contribution in [-0.4, -0.2) is 38.8 Å². The van der Waals surface area contributed by atoms with E-state index in [-0.39, 0.29) is 34.9 Å². The molecule has 0 N–H and O–H groups in total. The zero-order valence-corrected chi connectivity index (χ0v) is 25.8. The van der Waals surface area contributed by atoms with Crippen LogP contribution in [0.1, 0.15) is 24.0 Å². The molecular formula is C33H29ClN2O7S. The molecule has 2 heterocycles. The molecule has 1 aromatic heterocycles. The minimum absolute atomic E-state index is 0.0843. The zero-order chi connectivity index (χ0) is 31.4. The van der Waals surface area contributed by atoms with Gasteiger partial charge in [-0.1, -0.05) is 41.9 Å². The first-order valence-corrected chi connectivity index (χ1v) is 15.3. The van der Waals surface area contributed by atoms with Crippen molar-refractivity contribution in [3.8, 4) is 5.75 Å². The highest BCUT2D eigenvalue weighted by atomic mass is 35.5. The second-order valence-electron chi connectivity index (χ2n) is 9.87. The highest BCUT2D eigenvalue weighted by Crippen LogP contribution is 2.36.